The summed E-state index contributed by atoms with van der Waals surface area (Å²) in [5.41, 5.74) is 0.695. The predicted molar refractivity (Wildman–Crippen MR) is 94.2 cm³/mol. The van der Waals surface area contributed by atoms with Gasteiger partial charge in [-0.3, -0.25) is 14.5 Å². The minimum atomic E-state index is 0.106. The molecular weight excluding hydrogens is 316 g/mol. The Morgan fingerprint density at radius 3 is 2.88 bits per heavy atom. The smallest absolute Gasteiger partial charge is 0.257 e. The lowest BCUT2D eigenvalue weighted by Crippen LogP contribution is -2.39. The van der Waals surface area contributed by atoms with E-state index < -0.39 is 0 Å². The lowest BCUT2D eigenvalue weighted by molar-refractivity contribution is 0.0779. The Balaban J connectivity index is 1.47. The monoisotopic (exact) mass is 340 g/mol. The fourth-order valence-electron chi connectivity index (χ4n) is 4.36. The summed E-state index contributed by atoms with van der Waals surface area (Å²) in [7, 11) is 2.09. The van der Waals surface area contributed by atoms with Crippen molar-refractivity contribution >= 4 is 11.7 Å². The van der Waals surface area contributed by atoms with Gasteiger partial charge in [0.1, 0.15) is 5.82 Å². The molecule has 0 unspecified atom stereocenters. The highest BCUT2D eigenvalue weighted by Gasteiger charge is 2.45. The van der Waals surface area contributed by atoms with Gasteiger partial charge in [-0.25, -0.2) is 4.98 Å². The van der Waals surface area contributed by atoms with E-state index in [4.69, 9.17) is 0 Å². The van der Waals surface area contributed by atoms with Crippen LogP contribution in [0.4, 0.5) is 5.82 Å². The molecule has 132 valence electrons. The molecule has 2 aromatic rings. The van der Waals surface area contributed by atoms with Crippen molar-refractivity contribution < 1.29 is 4.79 Å². The number of likely N-dealkylation sites (tertiary alicyclic amines) is 1. The first kappa shape index (κ1) is 16.1. The van der Waals surface area contributed by atoms with Crippen LogP contribution in [0.15, 0.2) is 31.0 Å². The molecule has 1 amide bonds. The highest BCUT2D eigenvalue weighted by atomic mass is 16.2. The van der Waals surface area contributed by atoms with E-state index >= 15 is 0 Å². The SMILES string of the molecule is CCn1cc(C(=O)N2C[C@H]3CC[C@@H](N(C)c4cnccn4)[C@H]3C2)cn1. The van der Waals surface area contributed by atoms with Gasteiger partial charge in [0, 0.05) is 57.2 Å². The fourth-order valence-corrected chi connectivity index (χ4v) is 4.36. The molecule has 1 aliphatic carbocycles. The van der Waals surface area contributed by atoms with E-state index in [9.17, 15) is 4.79 Å². The Hall–Kier alpha value is -2.44. The van der Waals surface area contributed by atoms with Crippen molar-refractivity contribution in [2.45, 2.75) is 32.4 Å². The molecule has 3 heterocycles. The van der Waals surface area contributed by atoms with Crippen LogP contribution in [-0.2, 0) is 6.54 Å². The normalized spacial score (nSPS) is 25.2. The maximum Gasteiger partial charge on any atom is 0.257 e. The Labute approximate surface area is 147 Å². The van der Waals surface area contributed by atoms with Crippen molar-refractivity contribution in [3.05, 3.63) is 36.5 Å². The summed E-state index contributed by atoms with van der Waals surface area (Å²) >= 11 is 0. The number of aryl methyl sites for hydroxylation is 1. The number of hydrogen-bond acceptors (Lipinski definition) is 5. The van der Waals surface area contributed by atoms with Crippen LogP contribution in [-0.4, -0.2) is 56.7 Å². The molecule has 1 saturated carbocycles. The van der Waals surface area contributed by atoms with Crippen LogP contribution in [0.25, 0.3) is 0 Å². The molecule has 4 rings (SSSR count). The zero-order chi connectivity index (χ0) is 17.4. The summed E-state index contributed by atoms with van der Waals surface area (Å²) < 4.78 is 1.80. The van der Waals surface area contributed by atoms with Crippen molar-refractivity contribution in [2.24, 2.45) is 11.8 Å². The molecule has 1 saturated heterocycles. The van der Waals surface area contributed by atoms with Gasteiger partial charge in [-0.2, -0.15) is 5.10 Å². The largest absolute Gasteiger partial charge is 0.355 e. The number of carbonyl (C=O) groups excluding carboxylic acids is 1. The highest BCUT2D eigenvalue weighted by molar-refractivity contribution is 5.94. The lowest BCUT2D eigenvalue weighted by atomic mass is 9.97. The molecule has 7 heteroatoms. The van der Waals surface area contributed by atoms with Gasteiger partial charge >= 0.3 is 0 Å². The van der Waals surface area contributed by atoms with E-state index in [1.54, 1.807) is 23.3 Å². The molecule has 0 aromatic carbocycles. The Morgan fingerprint density at radius 2 is 2.16 bits per heavy atom. The number of anilines is 1. The zero-order valence-electron chi connectivity index (χ0n) is 14.7. The Morgan fingerprint density at radius 1 is 1.28 bits per heavy atom. The van der Waals surface area contributed by atoms with E-state index in [0.717, 1.165) is 38.3 Å². The minimum absolute atomic E-state index is 0.106. The molecule has 2 aromatic heterocycles. The van der Waals surface area contributed by atoms with Crippen LogP contribution >= 0.6 is 0 Å². The van der Waals surface area contributed by atoms with Crippen molar-refractivity contribution in [3.63, 3.8) is 0 Å². The van der Waals surface area contributed by atoms with Crippen LogP contribution in [0.5, 0.6) is 0 Å². The van der Waals surface area contributed by atoms with Crippen molar-refractivity contribution in [1.29, 1.82) is 0 Å². The summed E-state index contributed by atoms with van der Waals surface area (Å²) in [4.78, 5) is 25.6. The van der Waals surface area contributed by atoms with E-state index in [0.29, 0.717) is 23.4 Å². The first-order chi connectivity index (χ1) is 12.2. The molecule has 0 radical (unpaired) electrons. The van der Waals surface area contributed by atoms with Crippen LogP contribution in [0, 0.1) is 11.8 Å². The van der Waals surface area contributed by atoms with Gasteiger partial charge in [0.2, 0.25) is 0 Å². The molecule has 0 N–H and O–H groups in total. The first-order valence-electron chi connectivity index (χ1n) is 8.98. The maximum atomic E-state index is 12.8. The second kappa shape index (κ2) is 6.46. The standard InChI is InChI=1S/C18H24N6O/c1-3-24-11-14(8-21-24)18(25)23-10-13-4-5-16(15(13)12-23)22(2)17-9-19-6-7-20-17/h6-9,11,13,15-16H,3-5,10,12H2,1-2H3/t13-,15+,16-/m1/s1. The van der Waals surface area contributed by atoms with Crippen molar-refractivity contribution in [3.8, 4) is 0 Å². The van der Waals surface area contributed by atoms with Gasteiger partial charge in [0.15, 0.2) is 0 Å². The minimum Gasteiger partial charge on any atom is -0.355 e. The molecule has 0 bridgehead atoms. The van der Waals surface area contributed by atoms with E-state index in [1.165, 1.54) is 0 Å². The maximum absolute atomic E-state index is 12.8. The third kappa shape index (κ3) is 2.88. The molecule has 2 aliphatic rings. The van der Waals surface area contributed by atoms with Crippen LogP contribution in [0.2, 0.25) is 0 Å². The lowest BCUT2D eigenvalue weighted by Gasteiger charge is -2.30. The van der Waals surface area contributed by atoms with E-state index in [2.05, 4.69) is 27.0 Å². The third-order valence-corrected chi connectivity index (χ3v) is 5.72. The van der Waals surface area contributed by atoms with Crippen LogP contribution in [0.1, 0.15) is 30.1 Å². The first-order valence-corrected chi connectivity index (χ1v) is 8.98. The average Bonchev–Trinajstić information content (AvgIpc) is 3.36. The average molecular weight is 340 g/mol. The van der Waals surface area contributed by atoms with E-state index in [1.807, 2.05) is 24.2 Å². The summed E-state index contributed by atoms with van der Waals surface area (Å²) in [5, 5.41) is 4.23. The second-order valence-electron chi connectivity index (χ2n) is 7.04. The Kier molecular flexibility index (Phi) is 4.15. The molecule has 1 aliphatic heterocycles. The predicted octanol–water partition coefficient (Wildman–Crippen LogP) is 1.68. The molecule has 0 spiro atoms. The summed E-state index contributed by atoms with van der Waals surface area (Å²) in [6, 6.07) is 0.415. The number of fused-ring (bicyclic) bond motifs is 1. The third-order valence-electron chi connectivity index (χ3n) is 5.72. The van der Waals surface area contributed by atoms with Crippen LogP contribution < -0.4 is 4.90 Å². The number of hydrogen-bond donors (Lipinski definition) is 0. The summed E-state index contributed by atoms with van der Waals surface area (Å²) in [6.07, 6.45) is 11.1. The quantitative estimate of drug-likeness (QED) is 0.847. The van der Waals surface area contributed by atoms with Gasteiger partial charge in [-0.1, -0.05) is 0 Å². The number of amides is 1. The number of rotatable bonds is 4. The molecule has 3 atom stereocenters. The van der Waals surface area contributed by atoms with Gasteiger partial charge in [0.05, 0.1) is 18.0 Å². The Bertz CT molecular complexity index is 745. The molecular formula is C18H24N6O. The second-order valence-corrected chi connectivity index (χ2v) is 7.04. The fraction of sp³-hybridized carbons (Fsp3) is 0.556. The number of aromatic nitrogens is 4. The topological polar surface area (TPSA) is 67.2 Å². The van der Waals surface area contributed by atoms with Crippen molar-refractivity contribution in [2.75, 3.05) is 25.0 Å². The van der Waals surface area contributed by atoms with Gasteiger partial charge < -0.3 is 9.80 Å². The highest BCUT2D eigenvalue weighted by Crippen LogP contribution is 2.41. The molecule has 7 nitrogen and oxygen atoms in total. The number of carbonyl (C=O) groups is 1. The number of nitrogens with zero attached hydrogens (tertiary/aromatic N) is 6. The van der Waals surface area contributed by atoms with Gasteiger partial charge in [-0.05, 0) is 25.7 Å². The summed E-state index contributed by atoms with van der Waals surface area (Å²) in [5.74, 6) is 2.09. The van der Waals surface area contributed by atoms with Crippen molar-refractivity contribution in [1.82, 2.24) is 24.6 Å². The van der Waals surface area contributed by atoms with E-state index in [-0.39, 0.29) is 5.91 Å². The van der Waals surface area contributed by atoms with Gasteiger partial charge in [-0.15, -0.1) is 0 Å². The molecule has 2 fully saturated rings. The zero-order valence-corrected chi connectivity index (χ0v) is 14.7. The van der Waals surface area contributed by atoms with Crippen LogP contribution in [0.3, 0.4) is 0 Å². The van der Waals surface area contributed by atoms with Gasteiger partial charge in [0.25, 0.3) is 5.91 Å². The summed E-state index contributed by atoms with van der Waals surface area (Å²) in [6.45, 7) is 4.47. The molecule has 25 heavy (non-hydrogen) atoms.